The Labute approximate surface area is 185 Å². The molecule has 3 amide bonds. The first-order valence-electron chi connectivity index (χ1n) is 10.7. The minimum absolute atomic E-state index is 0.110. The predicted octanol–water partition coefficient (Wildman–Crippen LogP) is 1.77. The number of aromatic nitrogens is 1. The Bertz CT molecular complexity index is 1000. The number of carbonyl (C=O) groups excluding carboxylic acids is 3. The summed E-state index contributed by atoms with van der Waals surface area (Å²) in [6.07, 6.45) is 4.63. The largest absolute Gasteiger partial charge is 0.493 e. The summed E-state index contributed by atoms with van der Waals surface area (Å²) in [7, 11) is 0. The van der Waals surface area contributed by atoms with Crippen LogP contribution in [0.3, 0.4) is 0 Å². The number of nitrogens with one attached hydrogen (secondary N) is 2. The molecule has 2 aliphatic rings. The van der Waals surface area contributed by atoms with E-state index in [1.54, 1.807) is 17.0 Å². The van der Waals surface area contributed by atoms with Crippen LogP contribution in [0.15, 0.2) is 42.7 Å². The molecule has 0 spiro atoms. The van der Waals surface area contributed by atoms with E-state index in [1.165, 1.54) is 24.5 Å². The lowest BCUT2D eigenvalue weighted by Gasteiger charge is -2.26. The van der Waals surface area contributed by atoms with Gasteiger partial charge in [0.05, 0.1) is 18.1 Å². The van der Waals surface area contributed by atoms with Crippen LogP contribution in [-0.4, -0.2) is 59.9 Å². The van der Waals surface area contributed by atoms with E-state index in [1.807, 2.05) is 0 Å². The molecule has 0 saturated carbocycles. The van der Waals surface area contributed by atoms with E-state index in [4.69, 9.17) is 4.74 Å². The summed E-state index contributed by atoms with van der Waals surface area (Å²) in [5, 5.41) is 5.83. The van der Waals surface area contributed by atoms with Gasteiger partial charge in [-0.2, -0.15) is 0 Å². The highest BCUT2D eigenvalue weighted by Gasteiger charge is 2.32. The maximum absolute atomic E-state index is 13.9. The molecule has 8 nitrogen and oxygen atoms in total. The van der Waals surface area contributed by atoms with E-state index >= 15 is 0 Å². The molecule has 0 aliphatic carbocycles. The molecule has 0 unspecified atom stereocenters. The summed E-state index contributed by atoms with van der Waals surface area (Å²) in [4.78, 5) is 44.4. The van der Waals surface area contributed by atoms with Crippen molar-refractivity contribution in [1.82, 2.24) is 20.5 Å². The molecule has 0 radical (unpaired) electrons. The third kappa shape index (κ3) is 5.04. The van der Waals surface area contributed by atoms with Crippen LogP contribution in [-0.2, 0) is 4.79 Å². The Morgan fingerprint density at radius 3 is 2.75 bits per heavy atom. The van der Waals surface area contributed by atoms with Gasteiger partial charge in [-0.15, -0.1) is 0 Å². The van der Waals surface area contributed by atoms with E-state index in [2.05, 4.69) is 15.6 Å². The standard InChI is InChI=1S/C23H25FN4O4/c24-17-3-5-20-19(12-17)22(30)27-18-4-2-16(21(29)26-8-1-11-32-20)13-28(14-18)23(31)15-6-9-25-10-7-15/h3,5-7,9-10,12,16,18H,1-2,4,8,11,13-14H2,(H,26,29)(H,27,30)/t16-,18+/m0/s1. The van der Waals surface area contributed by atoms with Crippen molar-refractivity contribution in [2.45, 2.75) is 25.3 Å². The number of pyridine rings is 1. The van der Waals surface area contributed by atoms with Crippen LogP contribution in [0.25, 0.3) is 0 Å². The topological polar surface area (TPSA) is 101 Å². The molecule has 2 bridgehead atoms. The number of benzene rings is 1. The van der Waals surface area contributed by atoms with Gasteiger partial charge in [-0.25, -0.2) is 4.39 Å². The molecule has 2 aromatic rings. The van der Waals surface area contributed by atoms with Crippen LogP contribution >= 0.6 is 0 Å². The van der Waals surface area contributed by atoms with Crippen molar-refractivity contribution < 1.29 is 23.5 Å². The Morgan fingerprint density at radius 1 is 1.12 bits per heavy atom. The highest BCUT2D eigenvalue weighted by atomic mass is 19.1. The first-order chi connectivity index (χ1) is 15.5. The van der Waals surface area contributed by atoms with Crippen LogP contribution in [0.2, 0.25) is 0 Å². The molecule has 9 heteroatoms. The predicted molar refractivity (Wildman–Crippen MR) is 114 cm³/mol. The van der Waals surface area contributed by atoms with Gasteiger partial charge >= 0.3 is 0 Å². The quantitative estimate of drug-likeness (QED) is 0.704. The molecule has 2 N–H and O–H groups in total. The summed E-state index contributed by atoms with van der Waals surface area (Å²) in [5.74, 6) is -1.47. The number of fused-ring (bicyclic) bond motifs is 4. The minimum Gasteiger partial charge on any atom is -0.493 e. The van der Waals surface area contributed by atoms with Crippen LogP contribution in [0.4, 0.5) is 4.39 Å². The lowest BCUT2D eigenvalue weighted by atomic mass is 10.0. The van der Waals surface area contributed by atoms with E-state index in [9.17, 15) is 18.8 Å². The second kappa shape index (κ2) is 9.76. The van der Waals surface area contributed by atoms with Gasteiger partial charge in [-0.1, -0.05) is 0 Å². The Morgan fingerprint density at radius 2 is 1.94 bits per heavy atom. The molecule has 4 rings (SSSR count). The van der Waals surface area contributed by atoms with Crippen molar-refractivity contribution >= 4 is 17.7 Å². The van der Waals surface area contributed by atoms with Crippen LogP contribution in [0.5, 0.6) is 5.75 Å². The highest BCUT2D eigenvalue weighted by molar-refractivity contribution is 5.97. The second-order valence-electron chi connectivity index (χ2n) is 8.02. The van der Waals surface area contributed by atoms with E-state index < -0.39 is 23.7 Å². The fourth-order valence-electron chi connectivity index (χ4n) is 4.05. The maximum Gasteiger partial charge on any atom is 0.255 e. The van der Waals surface area contributed by atoms with E-state index in [-0.39, 0.29) is 42.8 Å². The SMILES string of the molecule is O=C1N[C@@H]2CC[C@@H](CN(C(=O)c3ccncc3)C2)C(=O)NCCCOc2ccc(F)cc21. The second-order valence-corrected chi connectivity index (χ2v) is 8.02. The average Bonchev–Trinajstić information content (AvgIpc) is 3.02. The third-order valence-electron chi connectivity index (χ3n) is 5.73. The molecular formula is C23H25FN4O4. The zero-order valence-corrected chi connectivity index (χ0v) is 17.6. The number of carbonyl (C=O) groups is 3. The molecule has 1 aromatic heterocycles. The van der Waals surface area contributed by atoms with Gasteiger partial charge in [0.2, 0.25) is 5.91 Å². The fraction of sp³-hybridized carbons (Fsp3) is 0.391. The summed E-state index contributed by atoms with van der Waals surface area (Å²) in [5.41, 5.74) is 0.573. The van der Waals surface area contributed by atoms with E-state index in [0.29, 0.717) is 31.4 Å². The number of likely N-dealkylation sites (tertiary alicyclic amines) is 1. The molecule has 1 fully saturated rings. The van der Waals surface area contributed by atoms with Gasteiger partial charge < -0.3 is 20.3 Å². The molecule has 1 saturated heterocycles. The van der Waals surface area contributed by atoms with Gasteiger partial charge in [-0.05, 0) is 49.6 Å². The van der Waals surface area contributed by atoms with Crippen molar-refractivity contribution in [3.8, 4) is 5.75 Å². The molecule has 3 heterocycles. The molecular weight excluding hydrogens is 415 g/mol. The normalized spacial score (nSPS) is 22.0. The van der Waals surface area contributed by atoms with Gasteiger partial charge in [0.25, 0.3) is 11.8 Å². The number of amides is 3. The van der Waals surface area contributed by atoms with Gasteiger partial charge in [0.1, 0.15) is 11.6 Å². The summed E-state index contributed by atoms with van der Waals surface area (Å²) >= 11 is 0. The molecule has 2 aliphatic heterocycles. The molecule has 168 valence electrons. The zero-order valence-electron chi connectivity index (χ0n) is 17.6. The minimum atomic E-state index is -0.536. The number of hydrogen-bond donors (Lipinski definition) is 2. The lowest BCUT2D eigenvalue weighted by Crippen LogP contribution is -2.46. The van der Waals surface area contributed by atoms with Gasteiger partial charge in [0.15, 0.2) is 0 Å². The third-order valence-corrected chi connectivity index (χ3v) is 5.73. The summed E-state index contributed by atoms with van der Waals surface area (Å²) < 4.78 is 19.5. The zero-order chi connectivity index (χ0) is 22.5. The molecule has 32 heavy (non-hydrogen) atoms. The number of halogens is 1. The summed E-state index contributed by atoms with van der Waals surface area (Å²) in [6.45, 7) is 1.16. The number of ether oxygens (including phenoxy) is 1. The number of nitrogens with zero attached hydrogens (tertiary/aromatic N) is 2. The number of hydrogen-bond acceptors (Lipinski definition) is 5. The monoisotopic (exact) mass is 440 g/mol. The Hall–Kier alpha value is -3.49. The van der Waals surface area contributed by atoms with Crippen molar-refractivity contribution in [1.29, 1.82) is 0 Å². The molecule has 1 aromatic carbocycles. The van der Waals surface area contributed by atoms with Crippen molar-refractivity contribution in [3.63, 3.8) is 0 Å². The van der Waals surface area contributed by atoms with Crippen LogP contribution in [0, 0.1) is 11.7 Å². The van der Waals surface area contributed by atoms with Crippen molar-refractivity contribution in [2.24, 2.45) is 5.92 Å². The highest BCUT2D eigenvalue weighted by Crippen LogP contribution is 2.23. The van der Waals surface area contributed by atoms with Crippen LogP contribution in [0.1, 0.15) is 40.0 Å². The Balaban J connectivity index is 1.63. The fourth-order valence-corrected chi connectivity index (χ4v) is 4.05. The first-order valence-corrected chi connectivity index (χ1v) is 10.7. The lowest BCUT2D eigenvalue weighted by molar-refractivity contribution is -0.125. The average molecular weight is 440 g/mol. The van der Waals surface area contributed by atoms with Gasteiger partial charge in [0, 0.05) is 43.6 Å². The summed E-state index contributed by atoms with van der Waals surface area (Å²) in [6, 6.07) is 6.66. The van der Waals surface area contributed by atoms with Crippen molar-refractivity contribution in [3.05, 3.63) is 59.7 Å². The van der Waals surface area contributed by atoms with Gasteiger partial charge in [-0.3, -0.25) is 19.4 Å². The first kappa shape index (κ1) is 21.7. The van der Waals surface area contributed by atoms with Crippen molar-refractivity contribution in [2.75, 3.05) is 26.2 Å². The number of rotatable bonds is 1. The smallest absolute Gasteiger partial charge is 0.255 e. The van der Waals surface area contributed by atoms with E-state index in [0.717, 1.165) is 6.07 Å². The van der Waals surface area contributed by atoms with Crippen LogP contribution < -0.4 is 15.4 Å². The molecule has 2 atom stereocenters. The Kier molecular flexibility index (Phi) is 6.63. The maximum atomic E-state index is 13.9.